The molecule has 1 saturated heterocycles. The van der Waals surface area contributed by atoms with Crippen molar-refractivity contribution in [1.82, 2.24) is 19.3 Å². The van der Waals surface area contributed by atoms with Crippen LogP contribution in [0.4, 0.5) is 4.79 Å². The number of methoxy groups -OCH3 is 1. The summed E-state index contributed by atoms with van der Waals surface area (Å²) in [5, 5.41) is 9.24. The number of aromatic nitrogens is 3. The number of hydrogen-bond donors (Lipinski definition) is 1. The second-order valence-electron chi connectivity index (χ2n) is 7.59. The van der Waals surface area contributed by atoms with Crippen molar-refractivity contribution in [2.24, 2.45) is 0 Å². The number of amides is 1. The van der Waals surface area contributed by atoms with Crippen molar-refractivity contribution in [3.05, 3.63) is 53.1 Å². The van der Waals surface area contributed by atoms with Crippen LogP contribution in [0, 0.1) is 13.8 Å². The predicted molar refractivity (Wildman–Crippen MR) is 112 cm³/mol. The lowest BCUT2D eigenvalue weighted by Gasteiger charge is -2.32. The Labute approximate surface area is 179 Å². The molecule has 9 nitrogen and oxygen atoms in total. The number of hydrogen-bond acceptors (Lipinski definition) is 6. The smallest absolute Gasteiger partial charge is 0.409 e. The Morgan fingerprint density at radius 2 is 2.06 bits per heavy atom. The Morgan fingerprint density at radius 3 is 2.77 bits per heavy atom. The summed E-state index contributed by atoms with van der Waals surface area (Å²) in [6.45, 7) is 5.11. The number of rotatable bonds is 4. The molecule has 1 amide bonds. The third-order valence-electron chi connectivity index (χ3n) is 5.43. The molecule has 1 aliphatic rings. The van der Waals surface area contributed by atoms with E-state index in [0.29, 0.717) is 31.8 Å². The van der Waals surface area contributed by atoms with Crippen molar-refractivity contribution >= 4 is 17.7 Å². The Morgan fingerprint density at radius 1 is 1.26 bits per heavy atom. The quantitative estimate of drug-likeness (QED) is 0.686. The van der Waals surface area contributed by atoms with Crippen molar-refractivity contribution in [2.75, 3.05) is 26.8 Å². The summed E-state index contributed by atoms with van der Waals surface area (Å²) in [6.07, 6.45) is 1.89. The average Bonchev–Trinajstić information content (AvgIpc) is 3.10. The maximum absolute atomic E-state index is 12.0. The SMILES string of the molecule is COC(=O)N1CCO[C@@H](Cc2c(-c3ccc(C(=O)O)nc3C)nc3cc(C)ccn23)C1. The van der Waals surface area contributed by atoms with Crippen molar-refractivity contribution in [1.29, 1.82) is 0 Å². The molecule has 31 heavy (non-hydrogen) atoms. The first kappa shape index (κ1) is 20.8. The van der Waals surface area contributed by atoms with Crippen molar-refractivity contribution in [3.8, 4) is 11.3 Å². The van der Waals surface area contributed by atoms with Crippen LogP contribution in [0.25, 0.3) is 16.9 Å². The maximum atomic E-state index is 12.0. The first-order valence-electron chi connectivity index (χ1n) is 10.0. The van der Waals surface area contributed by atoms with Crippen LogP contribution in [0.15, 0.2) is 30.5 Å². The third kappa shape index (κ3) is 4.09. The van der Waals surface area contributed by atoms with Gasteiger partial charge in [-0.2, -0.15) is 0 Å². The first-order chi connectivity index (χ1) is 14.9. The summed E-state index contributed by atoms with van der Waals surface area (Å²) in [7, 11) is 1.37. The number of ether oxygens (including phenoxy) is 2. The Hall–Kier alpha value is -3.46. The molecule has 1 aliphatic heterocycles. The summed E-state index contributed by atoms with van der Waals surface area (Å²) >= 11 is 0. The molecule has 4 rings (SSSR count). The molecule has 0 aromatic carbocycles. The fourth-order valence-electron chi connectivity index (χ4n) is 3.89. The zero-order valence-electron chi connectivity index (χ0n) is 17.7. The van der Waals surface area contributed by atoms with E-state index in [1.165, 1.54) is 13.2 Å². The highest BCUT2D eigenvalue weighted by molar-refractivity contribution is 5.86. The van der Waals surface area contributed by atoms with Crippen LogP contribution < -0.4 is 0 Å². The van der Waals surface area contributed by atoms with E-state index >= 15 is 0 Å². The van der Waals surface area contributed by atoms with Gasteiger partial charge < -0.3 is 23.9 Å². The number of carbonyl (C=O) groups is 2. The van der Waals surface area contributed by atoms with E-state index in [1.807, 2.05) is 29.7 Å². The van der Waals surface area contributed by atoms with Crippen LogP contribution in [0.2, 0.25) is 0 Å². The summed E-state index contributed by atoms with van der Waals surface area (Å²) in [5.74, 6) is -1.07. The molecule has 3 aromatic heterocycles. The molecule has 0 aliphatic carbocycles. The number of aryl methyl sites for hydroxylation is 2. The highest BCUT2D eigenvalue weighted by atomic mass is 16.5. The van der Waals surface area contributed by atoms with Gasteiger partial charge in [-0.05, 0) is 43.7 Å². The lowest BCUT2D eigenvalue weighted by Crippen LogP contribution is -2.46. The third-order valence-corrected chi connectivity index (χ3v) is 5.43. The molecular weight excluding hydrogens is 400 g/mol. The molecule has 1 atom stereocenters. The second kappa shape index (κ2) is 8.35. The molecule has 1 fully saturated rings. The zero-order chi connectivity index (χ0) is 22.1. The monoisotopic (exact) mass is 424 g/mol. The average molecular weight is 424 g/mol. The fraction of sp³-hybridized carbons (Fsp3) is 0.364. The van der Waals surface area contributed by atoms with Gasteiger partial charge in [-0.15, -0.1) is 0 Å². The van der Waals surface area contributed by atoms with Gasteiger partial charge in [-0.1, -0.05) is 0 Å². The van der Waals surface area contributed by atoms with Crippen LogP contribution in [-0.4, -0.2) is 69.3 Å². The van der Waals surface area contributed by atoms with E-state index in [9.17, 15) is 14.7 Å². The van der Waals surface area contributed by atoms with Gasteiger partial charge in [0, 0.05) is 30.4 Å². The van der Waals surface area contributed by atoms with Crippen LogP contribution in [0.1, 0.15) is 27.4 Å². The van der Waals surface area contributed by atoms with E-state index in [1.54, 1.807) is 17.9 Å². The molecule has 0 bridgehead atoms. The zero-order valence-corrected chi connectivity index (χ0v) is 17.7. The molecule has 0 spiro atoms. The number of carbonyl (C=O) groups excluding carboxylic acids is 1. The molecule has 3 aromatic rings. The number of nitrogens with zero attached hydrogens (tertiary/aromatic N) is 4. The van der Waals surface area contributed by atoms with Crippen LogP contribution in [0.3, 0.4) is 0 Å². The van der Waals surface area contributed by atoms with E-state index in [4.69, 9.17) is 14.5 Å². The molecule has 0 saturated carbocycles. The van der Waals surface area contributed by atoms with Crippen LogP contribution in [-0.2, 0) is 15.9 Å². The molecule has 162 valence electrons. The summed E-state index contributed by atoms with van der Waals surface area (Å²) in [4.78, 5) is 33.9. The number of carboxylic acids is 1. The summed E-state index contributed by atoms with van der Waals surface area (Å²) < 4.78 is 12.8. The van der Waals surface area contributed by atoms with Crippen molar-refractivity contribution in [3.63, 3.8) is 0 Å². The van der Waals surface area contributed by atoms with Gasteiger partial charge in [0.25, 0.3) is 0 Å². The van der Waals surface area contributed by atoms with Gasteiger partial charge in [0.2, 0.25) is 0 Å². The summed E-state index contributed by atoms with van der Waals surface area (Å²) in [5.41, 5.74) is 4.85. The minimum Gasteiger partial charge on any atom is -0.477 e. The van der Waals surface area contributed by atoms with Gasteiger partial charge in [0.05, 0.1) is 37.8 Å². The van der Waals surface area contributed by atoms with E-state index < -0.39 is 5.97 Å². The number of aromatic carboxylic acids is 1. The molecular formula is C22H24N4O5. The second-order valence-corrected chi connectivity index (χ2v) is 7.59. The number of pyridine rings is 2. The minimum atomic E-state index is -1.07. The van der Waals surface area contributed by atoms with Crippen LogP contribution in [0.5, 0.6) is 0 Å². The lowest BCUT2D eigenvalue weighted by atomic mass is 10.0. The fourth-order valence-corrected chi connectivity index (χ4v) is 3.89. The first-order valence-corrected chi connectivity index (χ1v) is 10.0. The number of carboxylic acid groups (broad SMARTS) is 1. The molecule has 9 heteroatoms. The molecule has 1 N–H and O–H groups in total. The van der Waals surface area contributed by atoms with Gasteiger partial charge in [-0.3, -0.25) is 0 Å². The maximum Gasteiger partial charge on any atom is 0.409 e. The molecule has 4 heterocycles. The highest BCUT2D eigenvalue weighted by Gasteiger charge is 2.28. The molecule has 0 unspecified atom stereocenters. The Balaban J connectivity index is 1.76. The van der Waals surface area contributed by atoms with Gasteiger partial charge in [0.1, 0.15) is 11.3 Å². The highest BCUT2D eigenvalue weighted by Crippen LogP contribution is 2.29. The van der Waals surface area contributed by atoms with Gasteiger partial charge in [0.15, 0.2) is 0 Å². The molecule has 0 radical (unpaired) electrons. The van der Waals surface area contributed by atoms with E-state index in [0.717, 1.165) is 28.2 Å². The Bertz CT molecular complexity index is 1160. The predicted octanol–water partition coefficient (Wildman–Crippen LogP) is 2.72. The van der Waals surface area contributed by atoms with Crippen molar-refractivity contribution < 1.29 is 24.2 Å². The normalized spacial score (nSPS) is 16.5. The number of imidazole rings is 1. The van der Waals surface area contributed by atoms with Crippen molar-refractivity contribution in [2.45, 2.75) is 26.4 Å². The van der Waals surface area contributed by atoms with Gasteiger partial charge in [-0.25, -0.2) is 19.6 Å². The number of fused-ring (bicyclic) bond motifs is 1. The van der Waals surface area contributed by atoms with E-state index in [2.05, 4.69) is 4.98 Å². The topological polar surface area (TPSA) is 106 Å². The Kier molecular flexibility index (Phi) is 5.60. The minimum absolute atomic E-state index is 0.00765. The van der Waals surface area contributed by atoms with Gasteiger partial charge >= 0.3 is 12.1 Å². The summed E-state index contributed by atoms with van der Waals surface area (Å²) in [6, 6.07) is 7.22. The van der Waals surface area contributed by atoms with E-state index in [-0.39, 0.29) is 17.9 Å². The lowest BCUT2D eigenvalue weighted by molar-refractivity contribution is -0.0241. The van der Waals surface area contributed by atoms with Crippen LogP contribution >= 0.6 is 0 Å². The number of morpholine rings is 1. The largest absolute Gasteiger partial charge is 0.477 e. The standard InChI is InChI=1S/C22H24N4O5/c1-13-6-7-26-18(11-15-12-25(8-9-31-15)22(29)30-3)20(24-19(26)10-13)16-4-5-17(21(27)28)23-14(16)2/h4-7,10,15H,8-9,11-12H2,1-3H3,(H,27,28)/t15-/m0/s1.